The molecule has 4 rings (SSSR count). The molecule has 168 valence electrons. The van der Waals surface area contributed by atoms with Crippen LogP contribution in [-0.2, 0) is 11.3 Å². The van der Waals surface area contributed by atoms with Gasteiger partial charge in [-0.25, -0.2) is 4.39 Å². The van der Waals surface area contributed by atoms with Gasteiger partial charge in [0, 0.05) is 50.3 Å². The van der Waals surface area contributed by atoms with Crippen LogP contribution in [0.4, 0.5) is 4.39 Å². The number of benzene rings is 1. The molecule has 3 saturated heterocycles. The highest BCUT2D eigenvalue weighted by Gasteiger charge is 2.42. The highest BCUT2D eigenvalue weighted by Crippen LogP contribution is 2.38. The molecule has 3 heterocycles. The monoisotopic (exact) mass is 530 g/mol. The summed E-state index contributed by atoms with van der Waals surface area (Å²) >= 11 is 0. The van der Waals surface area contributed by atoms with Gasteiger partial charge in [-0.1, -0.05) is 18.2 Å². The van der Waals surface area contributed by atoms with E-state index in [2.05, 4.69) is 22.0 Å². The molecule has 7 heteroatoms. The largest absolute Gasteiger partial charge is 0.381 e. The topological polar surface area (TPSA) is 40.1 Å². The van der Waals surface area contributed by atoms with Crippen LogP contribution in [0.15, 0.2) is 29.3 Å². The fourth-order valence-corrected chi connectivity index (χ4v) is 4.92. The van der Waals surface area contributed by atoms with Gasteiger partial charge in [0.25, 0.3) is 0 Å². The first-order valence-electron chi connectivity index (χ1n) is 11.2. The maximum atomic E-state index is 13.9. The summed E-state index contributed by atoms with van der Waals surface area (Å²) in [6, 6.07) is 7.13. The average Bonchev–Trinajstić information content (AvgIpc) is 3.38. The fraction of sp³-hybridized carbons (Fsp3) is 0.696. The van der Waals surface area contributed by atoms with Gasteiger partial charge in [-0.15, -0.1) is 24.0 Å². The molecule has 0 bridgehead atoms. The Morgan fingerprint density at radius 2 is 2.03 bits per heavy atom. The van der Waals surface area contributed by atoms with E-state index in [0.717, 1.165) is 76.8 Å². The van der Waals surface area contributed by atoms with Crippen molar-refractivity contribution in [1.82, 2.24) is 15.1 Å². The van der Waals surface area contributed by atoms with Crippen LogP contribution in [0.3, 0.4) is 0 Å². The molecule has 0 saturated carbocycles. The Balaban J connectivity index is 0.00000256. The van der Waals surface area contributed by atoms with Crippen molar-refractivity contribution < 1.29 is 9.13 Å². The first-order valence-corrected chi connectivity index (χ1v) is 11.2. The van der Waals surface area contributed by atoms with Crippen LogP contribution >= 0.6 is 24.0 Å². The predicted octanol–water partition coefficient (Wildman–Crippen LogP) is 3.73. The standard InChI is InChI=1S/C23H35FN4O.HI/c1-2-25-22(28-13-9-23(17-28)10-14-29-18-23)26-15-19-7-11-27(12-8-19)16-20-5-3-4-6-21(20)24;/h3-6,19H,2,7-18H2,1H3,(H,25,26);1H. The third-order valence-corrected chi connectivity index (χ3v) is 6.82. The molecule has 1 spiro atoms. The van der Waals surface area contributed by atoms with E-state index in [4.69, 9.17) is 9.73 Å². The second-order valence-corrected chi connectivity index (χ2v) is 8.98. The molecule has 1 aromatic carbocycles. The van der Waals surface area contributed by atoms with Gasteiger partial charge in [0.1, 0.15) is 5.82 Å². The average molecular weight is 530 g/mol. The van der Waals surface area contributed by atoms with Gasteiger partial charge in [-0.3, -0.25) is 9.89 Å². The van der Waals surface area contributed by atoms with Crippen LogP contribution in [0.25, 0.3) is 0 Å². The minimum atomic E-state index is -0.0921. The van der Waals surface area contributed by atoms with Crippen LogP contribution in [0.5, 0.6) is 0 Å². The van der Waals surface area contributed by atoms with E-state index < -0.39 is 0 Å². The van der Waals surface area contributed by atoms with E-state index in [-0.39, 0.29) is 29.8 Å². The summed E-state index contributed by atoms with van der Waals surface area (Å²) < 4.78 is 19.6. The van der Waals surface area contributed by atoms with Crippen molar-refractivity contribution in [2.45, 2.75) is 39.2 Å². The van der Waals surface area contributed by atoms with Gasteiger partial charge in [0.2, 0.25) is 0 Å². The van der Waals surface area contributed by atoms with E-state index >= 15 is 0 Å². The minimum Gasteiger partial charge on any atom is -0.381 e. The number of likely N-dealkylation sites (tertiary alicyclic amines) is 2. The number of ether oxygens (including phenoxy) is 1. The van der Waals surface area contributed by atoms with E-state index in [0.29, 0.717) is 17.9 Å². The van der Waals surface area contributed by atoms with Gasteiger partial charge >= 0.3 is 0 Å². The lowest BCUT2D eigenvalue weighted by Crippen LogP contribution is -2.42. The molecule has 3 aliphatic rings. The van der Waals surface area contributed by atoms with Crippen molar-refractivity contribution in [1.29, 1.82) is 0 Å². The summed E-state index contributed by atoms with van der Waals surface area (Å²) in [5.41, 5.74) is 1.16. The van der Waals surface area contributed by atoms with Gasteiger partial charge in [-0.05, 0) is 57.7 Å². The van der Waals surface area contributed by atoms with E-state index in [1.165, 1.54) is 12.8 Å². The third-order valence-electron chi connectivity index (χ3n) is 6.82. The minimum absolute atomic E-state index is 0. The molecule has 0 radical (unpaired) electrons. The molecule has 0 aliphatic carbocycles. The van der Waals surface area contributed by atoms with Gasteiger partial charge in [0.15, 0.2) is 5.96 Å². The first kappa shape index (κ1) is 23.7. The summed E-state index contributed by atoms with van der Waals surface area (Å²) in [6.45, 7) is 10.7. The zero-order chi connectivity index (χ0) is 20.1. The van der Waals surface area contributed by atoms with Crippen molar-refractivity contribution >= 4 is 29.9 Å². The lowest BCUT2D eigenvalue weighted by atomic mass is 9.87. The van der Waals surface area contributed by atoms with E-state index in [1.807, 2.05) is 12.1 Å². The second-order valence-electron chi connectivity index (χ2n) is 8.98. The molecule has 1 atom stereocenters. The van der Waals surface area contributed by atoms with Gasteiger partial charge in [-0.2, -0.15) is 0 Å². The lowest BCUT2D eigenvalue weighted by molar-refractivity contribution is 0.156. The number of piperidine rings is 1. The zero-order valence-corrected chi connectivity index (χ0v) is 20.4. The lowest BCUT2D eigenvalue weighted by Gasteiger charge is -2.32. The molecule has 5 nitrogen and oxygen atoms in total. The molecule has 0 amide bonds. The Labute approximate surface area is 197 Å². The van der Waals surface area contributed by atoms with Gasteiger partial charge in [0.05, 0.1) is 6.61 Å². The summed E-state index contributed by atoms with van der Waals surface area (Å²) in [4.78, 5) is 9.81. The Bertz CT molecular complexity index is 702. The maximum absolute atomic E-state index is 13.9. The van der Waals surface area contributed by atoms with Crippen LogP contribution in [-0.4, -0.2) is 68.2 Å². The fourth-order valence-electron chi connectivity index (χ4n) is 4.92. The van der Waals surface area contributed by atoms with Crippen molar-refractivity contribution in [3.8, 4) is 0 Å². The number of aliphatic imine (C=N–C) groups is 1. The molecule has 3 aliphatic heterocycles. The molecular weight excluding hydrogens is 494 g/mol. The van der Waals surface area contributed by atoms with Gasteiger partial charge < -0.3 is 15.0 Å². The molecule has 3 fully saturated rings. The first-order chi connectivity index (χ1) is 14.2. The maximum Gasteiger partial charge on any atom is 0.193 e. The Morgan fingerprint density at radius 1 is 1.23 bits per heavy atom. The number of rotatable bonds is 5. The summed E-state index contributed by atoms with van der Waals surface area (Å²) in [5.74, 6) is 1.60. The molecular formula is C23H36FIN4O. The Morgan fingerprint density at radius 3 is 2.73 bits per heavy atom. The number of halogens is 2. The zero-order valence-electron chi connectivity index (χ0n) is 18.1. The summed E-state index contributed by atoms with van der Waals surface area (Å²) in [7, 11) is 0. The van der Waals surface area contributed by atoms with Crippen LogP contribution < -0.4 is 5.32 Å². The SMILES string of the molecule is CCNC(=NCC1CCN(Cc2ccccc2F)CC1)N1CCC2(CCOC2)C1.I. The van der Waals surface area contributed by atoms with E-state index in [1.54, 1.807) is 12.1 Å². The number of guanidine groups is 1. The van der Waals surface area contributed by atoms with Crippen LogP contribution in [0.1, 0.15) is 38.2 Å². The molecule has 1 unspecified atom stereocenters. The molecule has 30 heavy (non-hydrogen) atoms. The van der Waals surface area contributed by atoms with Crippen molar-refractivity contribution in [3.05, 3.63) is 35.6 Å². The Kier molecular flexibility index (Phi) is 8.77. The Hall–Kier alpha value is -0.930. The molecule has 0 aromatic heterocycles. The van der Waals surface area contributed by atoms with E-state index in [9.17, 15) is 4.39 Å². The highest BCUT2D eigenvalue weighted by atomic mass is 127. The highest BCUT2D eigenvalue weighted by molar-refractivity contribution is 14.0. The summed E-state index contributed by atoms with van der Waals surface area (Å²) in [6.07, 6.45) is 4.67. The normalized spacial score (nSPS) is 25.7. The van der Waals surface area contributed by atoms with Crippen molar-refractivity contribution in [2.75, 3.05) is 52.5 Å². The predicted molar refractivity (Wildman–Crippen MR) is 130 cm³/mol. The number of nitrogens with zero attached hydrogens (tertiary/aromatic N) is 3. The number of nitrogens with one attached hydrogen (secondary N) is 1. The number of hydrogen-bond donors (Lipinski definition) is 1. The van der Waals surface area contributed by atoms with Crippen LogP contribution in [0.2, 0.25) is 0 Å². The van der Waals surface area contributed by atoms with Crippen molar-refractivity contribution in [2.24, 2.45) is 16.3 Å². The van der Waals surface area contributed by atoms with Crippen LogP contribution in [0, 0.1) is 17.2 Å². The second kappa shape index (κ2) is 11.1. The quantitative estimate of drug-likeness (QED) is 0.358. The van der Waals surface area contributed by atoms with Crippen molar-refractivity contribution in [3.63, 3.8) is 0 Å². The number of hydrogen-bond acceptors (Lipinski definition) is 3. The smallest absolute Gasteiger partial charge is 0.193 e. The summed E-state index contributed by atoms with van der Waals surface area (Å²) in [5, 5.41) is 3.50. The molecule has 1 aromatic rings. The third kappa shape index (κ3) is 5.85. The molecule has 1 N–H and O–H groups in total.